The Morgan fingerprint density at radius 2 is 2.11 bits per heavy atom. The summed E-state index contributed by atoms with van der Waals surface area (Å²) in [7, 11) is 0. The average Bonchev–Trinajstić information content (AvgIpc) is 2.59. The lowest BCUT2D eigenvalue weighted by molar-refractivity contribution is -0.136. The van der Waals surface area contributed by atoms with Gasteiger partial charge >= 0.3 is 6.18 Å². The molecule has 6 nitrogen and oxygen atoms in total. The number of nitrogens with zero attached hydrogens (tertiary/aromatic N) is 2. The van der Waals surface area contributed by atoms with Gasteiger partial charge in [0.25, 0.3) is 5.56 Å². The van der Waals surface area contributed by atoms with Crippen LogP contribution in [-0.2, 0) is 17.5 Å². The number of nitrogens with one attached hydrogen (secondary N) is 1. The van der Waals surface area contributed by atoms with Crippen molar-refractivity contribution >= 4 is 29.1 Å². The van der Waals surface area contributed by atoms with Crippen molar-refractivity contribution in [3.05, 3.63) is 39.9 Å². The maximum absolute atomic E-state index is 13.3. The van der Waals surface area contributed by atoms with Crippen LogP contribution in [0, 0.1) is 6.92 Å². The van der Waals surface area contributed by atoms with E-state index in [1.807, 2.05) is 0 Å². The zero-order valence-corrected chi connectivity index (χ0v) is 15.9. The highest BCUT2D eigenvalue weighted by Gasteiger charge is 2.34. The van der Waals surface area contributed by atoms with Gasteiger partial charge < -0.3 is 10.4 Å². The van der Waals surface area contributed by atoms with Crippen LogP contribution in [0.3, 0.4) is 0 Å². The number of hydrogen-bond donors (Lipinski definition) is 2. The molecule has 0 amide bonds. The van der Waals surface area contributed by atoms with E-state index in [0.717, 1.165) is 23.4 Å². The average molecular weight is 420 g/mol. The van der Waals surface area contributed by atoms with E-state index < -0.39 is 41.4 Å². The van der Waals surface area contributed by atoms with Crippen molar-refractivity contribution in [2.45, 2.75) is 51.1 Å². The van der Waals surface area contributed by atoms with Crippen LogP contribution >= 0.6 is 12.4 Å². The van der Waals surface area contributed by atoms with Crippen molar-refractivity contribution in [1.29, 1.82) is 0 Å². The fourth-order valence-electron chi connectivity index (χ4n) is 3.39. The van der Waals surface area contributed by atoms with Crippen molar-refractivity contribution in [2.75, 3.05) is 6.54 Å². The van der Waals surface area contributed by atoms with Gasteiger partial charge in [-0.05, 0) is 37.9 Å². The van der Waals surface area contributed by atoms with Crippen LogP contribution in [0.15, 0.2) is 23.3 Å². The molecule has 1 aliphatic heterocycles. The van der Waals surface area contributed by atoms with Gasteiger partial charge in [-0.3, -0.25) is 14.2 Å². The molecule has 10 heteroatoms. The van der Waals surface area contributed by atoms with Gasteiger partial charge in [-0.25, -0.2) is 4.98 Å². The van der Waals surface area contributed by atoms with E-state index in [2.05, 4.69) is 10.3 Å². The zero-order chi connectivity index (χ0) is 19.8. The van der Waals surface area contributed by atoms with Crippen LogP contribution < -0.4 is 10.9 Å². The molecule has 0 aliphatic carbocycles. The van der Waals surface area contributed by atoms with Gasteiger partial charge in [0, 0.05) is 12.5 Å². The molecule has 1 fully saturated rings. The number of fused-ring (bicyclic) bond motifs is 1. The highest BCUT2D eigenvalue weighted by Crippen LogP contribution is 2.33. The van der Waals surface area contributed by atoms with Gasteiger partial charge in [0.15, 0.2) is 5.78 Å². The fourth-order valence-corrected chi connectivity index (χ4v) is 3.39. The molecule has 154 valence electrons. The first-order valence-corrected chi connectivity index (χ1v) is 8.67. The molecule has 1 aromatic heterocycles. The molecule has 2 N–H and O–H groups in total. The maximum Gasteiger partial charge on any atom is 0.417 e. The predicted molar refractivity (Wildman–Crippen MR) is 99.6 cm³/mol. The number of aromatic nitrogens is 2. The molecule has 0 radical (unpaired) electrons. The van der Waals surface area contributed by atoms with Crippen LogP contribution in [0.5, 0.6) is 0 Å². The quantitative estimate of drug-likeness (QED) is 0.794. The van der Waals surface area contributed by atoms with Gasteiger partial charge in [0.05, 0.1) is 35.4 Å². The van der Waals surface area contributed by atoms with E-state index in [1.54, 1.807) is 6.92 Å². The zero-order valence-electron chi connectivity index (χ0n) is 15.1. The first kappa shape index (κ1) is 22.3. The molecule has 2 atom stereocenters. The minimum absolute atomic E-state index is 0. The Kier molecular flexibility index (Phi) is 6.84. The minimum Gasteiger partial charge on any atom is -0.391 e. The lowest BCUT2D eigenvalue weighted by Crippen LogP contribution is -2.46. The standard InChI is InChI=1S/C18H20F3N3O3.ClH/c1-10-4-5-12(18(19,20)21)15-16(10)23-9-24(17(15)27)8-11(25)7-13-14(26)3-2-6-22-13;/h4-5,9,13-14,22,26H,2-3,6-8H2,1H3;1H/t13-,14+;/m1./s1. The molecular formula is C18H21ClF3N3O3. The molecule has 1 saturated heterocycles. The van der Waals surface area contributed by atoms with Crippen molar-refractivity contribution in [3.63, 3.8) is 0 Å². The molecule has 0 saturated carbocycles. The smallest absolute Gasteiger partial charge is 0.391 e. The molecular weight excluding hydrogens is 399 g/mol. The van der Waals surface area contributed by atoms with Crippen molar-refractivity contribution in [1.82, 2.24) is 14.9 Å². The number of rotatable bonds is 4. The summed E-state index contributed by atoms with van der Waals surface area (Å²) in [5, 5.41) is 12.4. The highest BCUT2D eigenvalue weighted by atomic mass is 35.5. The predicted octanol–water partition coefficient (Wildman–Crippen LogP) is 2.22. The van der Waals surface area contributed by atoms with E-state index in [4.69, 9.17) is 0 Å². The molecule has 1 aromatic carbocycles. The normalized spacial score (nSPS) is 20.0. The lowest BCUT2D eigenvalue weighted by Gasteiger charge is -2.28. The van der Waals surface area contributed by atoms with Crippen LogP contribution in [0.25, 0.3) is 10.9 Å². The number of aliphatic hydroxyl groups is 1. The molecule has 0 bridgehead atoms. The Morgan fingerprint density at radius 1 is 1.39 bits per heavy atom. The van der Waals surface area contributed by atoms with Gasteiger partial charge in [-0.15, -0.1) is 12.4 Å². The van der Waals surface area contributed by atoms with Crippen LogP contribution in [-0.4, -0.2) is 39.1 Å². The summed E-state index contributed by atoms with van der Waals surface area (Å²) in [6.07, 6.45) is -2.89. The third-order valence-corrected chi connectivity index (χ3v) is 4.83. The molecule has 0 unspecified atom stereocenters. The Hall–Kier alpha value is -1.97. The van der Waals surface area contributed by atoms with E-state index in [-0.39, 0.29) is 30.1 Å². The Balaban J connectivity index is 0.00000280. The molecule has 28 heavy (non-hydrogen) atoms. The third kappa shape index (κ3) is 4.53. The monoisotopic (exact) mass is 419 g/mol. The summed E-state index contributed by atoms with van der Waals surface area (Å²) in [6.45, 7) is 1.86. The summed E-state index contributed by atoms with van der Waals surface area (Å²) in [6, 6.07) is 1.71. The van der Waals surface area contributed by atoms with Crippen LogP contribution in [0.1, 0.15) is 30.4 Å². The SMILES string of the molecule is Cc1ccc(C(F)(F)F)c2c(=O)n(CC(=O)C[C@H]3NCCC[C@@H]3O)cnc12.Cl. The number of halogens is 4. The summed E-state index contributed by atoms with van der Waals surface area (Å²) < 4.78 is 40.8. The Morgan fingerprint density at radius 3 is 2.75 bits per heavy atom. The number of aliphatic hydroxyl groups excluding tert-OH is 1. The van der Waals surface area contributed by atoms with E-state index >= 15 is 0 Å². The first-order chi connectivity index (χ1) is 12.7. The number of piperidine rings is 1. The fraction of sp³-hybridized carbons (Fsp3) is 0.500. The number of alkyl halides is 3. The number of aryl methyl sites for hydroxylation is 1. The Bertz CT molecular complexity index is 930. The van der Waals surface area contributed by atoms with Gasteiger partial charge in [0.1, 0.15) is 0 Å². The molecule has 3 rings (SSSR count). The molecule has 2 heterocycles. The largest absolute Gasteiger partial charge is 0.417 e. The summed E-state index contributed by atoms with van der Waals surface area (Å²) in [4.78, 5) is 28.9. The summed E-state index contributed by atoms with van der Waals surface area (Å²) in [5.41, 5.74) is -1.54. The molecule has 1 aliphatic rings. The van der Waals surface area contributed by atoms with Crippen molar-refractivity contribution in [2.24, 2.45) is 0 Å². The lowest BCUT2D eigenvalue weighted by atomic mass is 9.97. The Labute approximate surface area is 165 Å². The van der Waals surface area contributed by atoms with E-state index in [9.17, 15) is 27.9 Å². The van der Waals surface area contributed by atoms with Crippen LogP contribution in [0.2, 0.25) is 0 Å². The highest BCUT2D eigenvalue weighted by molar-refractivity contribution is 5.86. The minimum atomic E-state index is -4.70. The second-order valence-corrected chi connectivity index (χ2v) is 6.84. The van der Waals surface area contributed by atoms with Gasteiger partial charge in [0.2, 0.25) is 0 Å². The van der Waals surface area contributed by atoms with Crippen molar-refractivity contribution < 1.29 is 23.1 Å². The number of hydrogen-bond acceptors (Lipinski definition) is 5. The molecule has 2 aromatic rings. The topological polar surface area (TPSA) is 84.2 Å². The first-order valence-electron chi connectivity index (χ1n) is 8.67. The van der Waals surface area contributed by atoms with E-state index in [0.29, 0.717) is 18.5 Å². The second-order valence-electron chi connectivity index (χ2n) is 6.84. The summed E-state index contributed by atoms with van der Waals surface area (Å²) >= 11 is 0. The number of Topliss-reactive ketones (excluding diaryl/α,β-unsaturated/α-hetero) is 1. The second kappa shape index (κ2) is 8.59. The third-order valence-electron chi connectivity index (χ3n) is 4.83. The van der Waals surface area contributed by atoms with Crippen LogP contribution in [0.4, 0.5) is 13.2 Å². The summed E-state index contributed by atoms with van der Waals surface area (Å²) in [5.74, 6) is -0.363. The number of carbonyl (C=O) groups excluding carboxylic acids is 1. The van der Waals surface area contributed by atoms with Gasteiger partial charge in [-0.2, -0.15) is 13.2 Å². The number of benzene rings is 1. The maximum atomic E-state index is 13.3. The molecule has 0 spiro atoms. The van der Waals surface area contributed by atoms with Gasteiger partial charge in [-0.1, -0.05) is 6.07 Å². The number of carbonyl (C=O) groups is 1. The van der Waals surface area contributed by atoms with E-state index in [1.165, 1.54) is 6.07 Å². The number of ketones is 1. The van der Waals surface area contributed by atoms with Crippen molar-refractivity contribution in [3.8, 4) is 0 Å².